The van der Waals surface area contributed by atoms with Crippen LogP contribution in [0.3, 0.4) is 0 Å². The van der Waals surface area contributed by atoms with Crippen LogP contribution in [0.5, 0.6) is 0 Å². The van der Waals surface area contributed by atoms with Gasteiger partial charge in [-0.25, -0.2) is 14.6 Å². The zero-order valence-corrected chi connectivity index (χ0v) is 16.4. The molecule has 29 heavy (non-hydrogen) atoms. The highest BCUT2D eigenvalue weighted by Crippen LogP contribution is 2.28. The van der Waals surface area contributed by atoms with E-state index in [2.05, 4.69) is 4.98 Å². The summed E-state index contributed by atoms with van der Waals surface area (Å²) in [5, 5.41) is 0. The number of fused-ring (bicyclic) bond motifs is 4. The molecule has 5 rings (SSSR count). The third kappa shape index (κ3) is 3.23. The molecule has 2 aliphatic rings. The fraction of sp³-hybridized carbons (Fsp3) is 0.333. The highest BCUT2D eigenvalue weighted by atomic mass is 32.1. The molecule has 3 heterocycles. The van der Waals surface area contributed by atoms with Crippen LogP contribution in [0.15, 0.2) is 35.1 Å². The molecule has 7 nitrogen and oxygen atoms in total. The molecule has 0 fully saturated rings. The van der Waals surface area contributed by atoms with Crippen molar-refractivity contribution >= 4 is 28.2 Å². The minimum absolute atomic E-state index is 0.136. The molecular weight excluding hydrogens is 392 g/mol. The van der Waals surface area contributed by atoms with Crippen LogP contribution in [0.25, 0.3) is 4.96 Å². The second-order valence-electron chi connectivity index (χ2n) is 7.25. The van der Waals surface area contributed by atoms with Crippen molar-refractivity contribution in [2.24, 2.45) is 0 Å². The largest absolute Gasteiger partial charge is 0.456 e. The van der Waals surface area contributed by atoms with Gasteiger partial charge in [-0.2, -0.15) is 0 Å². The lowest BCUT2D eigenvalue weighted by Gasteiger charge is -2.23. The van der Waals surface area contributed by atoms with E-state index in [4.69, 9.17) is 9.47 Å². The van der Waals surface area contributed by atoms with E-state index in [1.54, 1.807) is 22.6 Å². The number of carbonyl (C=O) groups excluding carboxylic acids is 2. The second kappa shape index (κ2) is 7.11. The predicted molar refractivity (Wildman–Crippen MR) is 105 cm³/mol. The maximum Gasteiger partial charge on any atom is 0.348 e. The first-order chi connectivity index (χ1) is 14.1. The number of rotatable bonds is 3. The summed E-state index contributed by atoms with van der Waals surface area (Å²) < 4.78 is 12.2. The first-order valence-electron chi connectivity index (χ1n) is 9.59. The molecule has 0 N–H and O–H groups in total. The number of carbonyl (C=O) groups is 2. The Morgan fingerprint density at radius 3 is 2.97 bits per heavy atom. The number of cyclic esters (lactones) is 1. The van der Waals surface area contributed by atoms with E-state index >= 15 is 0 Å². The van der Waals surface area contributed by atoms with Gasteiger partial charge in [0.2, 0.25) is 6.10 Å². The van der Waals surface area contributed by atoms with Crippen LogP contribution < -0.4 is 5.56 Å². The highest BCUT2D eigenvalue weighted by molar-refractivity contribution is 7.17. The van der Waals surface area contributed by atoms with Crippen LogP contribution in [0.4, 0.5) is 0 Å². The fourth-order valence-corrected chi connectivity index (χ4v) is 5.15. The van der Waals surface area contributed by atoms with E-state index in [9.17, 15) is 14.4 Å². The first kappa shape index (κ1) is 18.1. The molecule has 148 valence electrons. The molecule has 1 atom stereocenters. The number of ether oxygens (including phenoxy) is 2. The zero-order chi connectivity index (χ0) is 20.0. The maximum absolute atomic E-state index is 12.6. The van der Waals surface area contributed by atoms with Crippen molar-refractivity contribution < 1.29 is 19.1 Å². The van der Waals surface area contributed by atoms with Gasteiger partial charge in [0.05, 0.1) is 11.3 Å². The van der Waals surface area contributed by atoms with Crippen LogP contribution in [0, 0.1) is 0 Å². The van der Waals surface area contributed by atoms with Crippen molar-refractivity contribution in [1.29, 1.82) is 0 Å². The van der Waals surface area contributed by atoms with E-state index < -0.39 is 18.0 Å². The van der Waals surface area contributed by atoms with Gasteiger partial charge in [0.25, 0.3) is 5.56 Å². The summed E-state index contributed by atoms with van der Waals surface area (Å²) in [6, 6.07) is 8.44. The number of esters is 2. The number of hydrogen-bond acceptors (Lipinski definition) is 7. The molecule has 0 spiro atoms. The Morgan fingerprint density at radius 2 is 2.07 bits per heavy atom. The summed E-state index contributed by atoms with van der Waals surface area (Å²) in [5.74, 6) is -1.17. The van der Waals surface area contributed by atoms with Crippen LogP contribution in [0.2, 0.25) is 0 Å². The number of nitrogens with zero attached hydrogens (tertiary/aromatic N) is 2. The molecule has 1 aliphatic heterocycles. The van der Waals surface area contributed by atoms with Gasteiger partial charge < -0.3 is 9.47 Å². The van der Waals surface area contributed by atoms with Crippen molar-refractivity contribution in [3.05, 3.63) is 68.1 Å². The van der Waals surface area contributed by atoms with Gasteiger partial charge in [0.1, 0.15) is 6.61 Å². The maximum atomic E-state index is 12.6. The number of aromatic nitrogens is 2. The topological polar surface area (TPSA) is 87.0 Å². The average molecular weight is 410 g/mol. The Kier molecular flexibility index (Phi) is 4.43. The van der Waals surface area contributed by atoms with Gasteiger partial charge in [-0.05, 0) is 37.3 Å². The minimum atomic E-state index is -0.990. The molecular formula is C21H18N2O5S. The lowest BCUT2D eigenvalue weighted by Crippen LogP contribution is -2.35. The summed E-state index contributed by atoms with van der Waals surface area (Å²) in [5.41, 5.74) is 2.53. The Bertz CT molecular complexity index is 1200. The van der Waals surface area contributed by atoms with Crippen molar-refractivity contribution in [3.8, 4) is 0 Å². The predicted octanol–water partition coefficient (Wildman–Crippen LogP) is 2.46. The van der Waals surface area contributed by atoms with E-state index in [1.807, 2.05) is 6.07 Å². The molecule has 0 saturated heterocycles. The van der Waals surface area contributed by atoms with Gasteiger partial charge >= 0.3 is 11.9 Å². The van der Waals surface area contributed by atoms with E-state index in [1.165, 1.54) is 22.3 Å². The highest BCUT2D eigenvalue weighted by Gasteiger charge is 2.32. The number of benzene rings is 1. The van der Waals surface area contributed by atoms with E-state index in [0.29, 0.717) is 16.2 Å². The summed E-state index contributed by atoms with van der Waals surface area (Å²) in [7, 11) is 0. The monoisotopic (exact) mass is 410 g/mol. The van der Waals surface area contributed by atoms with Gasteiger partial charge in [-0.3, -0.25) is 9.20 Å². The van der Waals surface area contributed by atoms with Gasteiger partial charge in [-0.1, -0.05) is 18.2 Å². The summed E-state index contributed by atoms with van der Waals surface area (Å²) in [6.07, 6.45) is 3.35. The van der Waals surface area contributed by atoms with Gasteiger partial charge in [0.15, 0.2) is 4.96 Å². The van der Waals surface area contributed by atoms with Gasteiger partial charge in [0, 0.05) is 23.1 Å². The van der Waals surface area contributed by atoms with Crippen molar-refractivity contribution in [2.45, 2.75) is 44.8 Å². The van der Waals surface area contributed by atoms with Crippen molar-refractivity contribution in [2.75, 3.05) is 0 Å². The quantitative estimate of drug-likeness (QED) is 0.617. The molecule has 1 aromatic carbocycles. The summed E-state index contributed by atoms with van der Waals surface area (Å²) in [4.78, 5) is 43.4. The Balaban J connectivity index is 1.33. The van der Waals surface area contributed by atoms with Gasteiger partial charge in [-0.15, -0.1) is 11.3 Å². The SMILES string of the molecule is O=C1O[C@@H](C(=O)OCc2cc(=O)n3c4c(sc3n2)CCCC4)Cc2ccccc21. The minimum Gasteiger partial charge on any atom is -0.456 e. The molecule has 0 unspecified atom stereocenters. The lowest BCUT2D eigenvalue weighted by atomic mass is 9.99. The number of thiazole rings is 1. The third-order valence-electron chi connectivity index (χ3n) is 5.33. The first-order valence-corrected chi connectivity index (χ1v) is 10.4. The van der Waals surface area contributed by atoms with Crippen molar-refractivity contribution in [1.82, 2.24) is 9.38 Å². The number of aryl methyl sites for hydroxylation is 2. The molecule has 0 radical (unpaired) electrons. The normalized spacial score (nSPS) is 18.1. The number of hydrogen-bond donors (Lipinski definition) is 0. The van der Waals surface area contributed by atoms with E-state index in [0.717, 1.165) is 36.9 Å². The zero-order valence-electron chi connectivity index (χ0n) is 15.6. The molecule has 0 bridgehead atoms. The Hall–Kier alpha value is -3.00. The van der Waals surface area contributed by atoms with Crippen molar-refractivity contribution in [3.63, 3.8) is 0 Å². The van der Waals surface area contributed by atoms with Crippen LogP contribution >= 0.6 is 11.3 Å². The molecule has 1 aliphatic carbocycles. The standard InChI is InChI=1S/C21H18N2O5S/c24-18-10-13(22-21-23(18)15-7-3-4-8-17(15)29-21)11-27-20(26)16-9-12-5-1-2-6-14(12)19(25)28-16/h1-2,5-6,10,16H,3-4,7-9,11H2/t16-/m1/s1. The second-order valence-corrected chi connectivity index (χ2v) is 8.31. The summed E-state index contributed by atoms with van der Waals surface area (Å²) >= 11 is 1.52. The third-order valence-corrected chi connectivity index (χ3v) is 6.47. The smallest absolute Gasteiger partial charge is 0.348 e. The Morgan fingerprint density at radius 1 is 1.24 bits per heavy atom. The molecule has 0 amide bonds. The lowest BCUT2D eigenvalue weighted by molar-refractivity contribution is -0.155. The van der Waals surface area contributed by atoms with E-state index in [-0.39, 0.29) is 18.6 Å². The molecule has 3 aromatic rings. The molecule has 0 saturated carbocycles. The average Bonchev–Trinajstić information content (AvgIpc) is 3.11. The van der Waals surface area contributed by atoms with Crippen LogP contribution in [-0.4, -0.2) is 27.4 Å². The molecule has 8 heteroatoms. The summed E-state index contributed by atoms with van der Waals surface area (Å²) in [6.45, 7) is -0.136. The Labute approximate surface area is 169 Å². The van der Waals surface area contributed by atoms with Crippen LogP contribution in [-0.2, 0) is 40.1 Å². The van der Waals surface area contributed by atoms with Crippen LogP contribution in [0.1, 0.15) is 45.0 Å². The molecule has 2 aromatic heterocycles. The fourth-order valence-electron chi connectivity index (χ4n) is 3.92.